The van der Waals surface area contributed by atoms with Gasteiger partial charge in [-0.25, -0.2) is 4.79 Å². The van der Waals surface area contributed by atoms with Crippen molar-refractivity contribution < 1.29 is 15.0 Å². The SMILES string of the molecule is CN(C)c1ccc(C(Nc2ccc(C(=O)O)cc2)c2ccc3cccnc3c2O)cc1. The molecule has 31 heavy (non-hydrogen) atoms. The summed E-state index contributed by atoms with van der Waals surface area (Å²) in [5.74, 6) is -0.852. The number of benzene rings is 3. The Morgan fingerprint density at radius 1 is 0.968 bits per heavy atom. The molecule has 0 spiro atoms. The molecule has 0 saturated heterocycles. The van der Waals surface area contributed by atoms with Crippen molar-refractivity contribution in [2.75, 3.05) is 24.3 Å². The van der Waals surface area contributed by atoms with Crippen LogP contribution in [0.5, 0.6) is 5.75 Å². The number of aromatic carboxylic acids is 1. The number of fused-ring (bicyclic) bond motifs is 1. The molecule has 0 radical (unpaired) electrons. The van der Waals surface area contributed by atoms with E-state index in [-0.39, 0.29) is 17.4 Å². The number of hydrogen-bond donors (Lipinski definition) is 3. The van der Waals surface area contributed by atoms with Crippen LogP contribution in [0.3, 0.4) is 0 Å². The maximum Gasteiger partial charge on any atom is 0.335 e. The highest BCUT2D eigenvalue weighted by atomic mass is 16.4. The molecule has 0 aliphatic carbocycles. The third kappa shape index (κ3) is 4.14. The van der Waals surface area contributed by atoms with Gasteiger partial charge < -0.3 is 20.4 Å². The Hall–Kier alpha value is -4.06. The molecule has 1 aromatic heterocycles. The molecular formula is C25H23N3O3. The lowest BCUT2D eigenvalue weighted by molar-refractivity contribution is 0.0697. The Bertz CT molecular complexity index is 1220. The lowest BCUT2D eigenvalue weighted by Gasteiger charge is -2.23. The standard InChI is InChI=1S/C25H23N3O3/c1-28(2)20-12-7-17(8-13-20)22(27-19-10-5-18(6-11-19)25(30)31)21-14-9-16-4-3-15-26-23(16)24(21)29/h3-15,22,27,29H,1-2H3,(H,30,31). The topological polar surface area (TPSA) is 85.7 Å². The van der Waals surface area contributed by atoms with E-state index >= 15 is 0 Å². The minimum absolute atomic E-state index is 0.120. The summed E-state index contributed by atoms with van der Waals surface area (Å²) in [6, 6.07) is 21.8. The van der Waals surface area contributed by atoms with E-state index in [1.54, 1.807) is 30.5 Å². The van der Waals surface area contributed by atoms with Gasteiger partial charge >= 0.3 is 5.97 Å². The Balaban J connectivity index is 1.79. The fourth-order valence-corrected chi connectivity index (χ4v) is 3.56. The third-order valence-electron chi connectivity index (χ3n) is 5.28. The highest BCUT2D eigenvalue weighted by molar-refractivity contribution is 5.88. The second-order valence-electron chi connectivity index (χ2n) is 7.52. The van der Waals surface area contributed by atoms with Crippen molar-refractivity contribution in [3.63, 3.8) is 0 Å². The Morgan fingerprint density at radius 3 is 2.32 bits per heavy atom. The highest BCUT2D eigenvalue weighted by Crippen LogP contribution is 2.36. The number of pyridine rings is 1. The van der Waals surface area contributed by atoms with E-state index in [9.17, 15) is 9.90 Å². The van der Waals surface area contributed by atoms with Gasteiger partial charge in [-0.05, 0) is 48.0 Å². The molecule has 4 rings (SSSR count). The summed E-state index contributed by atoms with van der Waals surface area (Å²) in [6.45, 7) is 0. The van der Waals surface area contributed by atoms with Crippen LogP contribution < -0.4 is 10.2 Å². The van der Waals surface area contributed by atoms with Crippen LogP contribution in [0.1, 0.15) is 27.5 Å². The van der Waals surface area contributed by atoms with Gasteiger partial charge in [0.15, 0.2) is 0 Å². The van der Waals surface area contributed by atoms with Crippen molar-refractivity contribution >= 4 is 28.2 Å². The number of anilines is 2. The molecule has 0 saturated carbocycles. The van der Waals surface area contributed by atoms with Crippen LogP contribution in [0.25, 0.3) is 10.9 Å². The van der Waals surface area contributed by atoms with Gasteiger partial charge in [-0.15, -0.1) is 0 Å². The molecule has 3 aromatic carbocycles. The molecule has 4 aromatic rings. The molecule has 0 aliphatic rings. The molecule has 6 nitrogen and oxygen atoms in total. The number of aromatic hydroxyl groups is 1. The predicted octanol–water partition coefficient (Wildman–Crippen LogP) is 4.91. The van der Waals surface area contributed by atoms with Gasteiger partial charge in [-0.1, -0.05) is 30.3 Å². The highest BCUT2D eigenvalue weighted by Gasteiger charge is 2.20. The Kier molecular flexibility index (Phi) is 5.45. The molecule has 6 heteroatoms. The summed E-state index contributed by atoms with van der Waals surface area (Å²) in [7, 11) is 3.96. The molecule has 0 fully saturated rings. The number of carbonyl (C=O) groups is 1. The summed E-state index contributed by atoms with van der Waals surface area (Å²) >= 11 is 0. The lowest BCUT2D eigenvalue weighted by Crippen LogP contribution is -2.14. The summed E-state index contributed by atoms with van der Waals surface area (Å²) in [5.41, 5.74) is 4.21. The Labute approximate surface area is 180 Å². The van der Waals surface area contributed by atoms with Gasteiger partial charge in [-0.3, -0.25) is 4.98 Å². The summed E-state index contributed by atoms with van der Waals surface area (Å²) in [5, 5.41) is 24.5. The van der Waals surface area contributed by atoms with Crippen LogP contribution in [0.15, 0.2) is 79.0 Å². The second-order valence-corrected chi connectivity index (χ2v) is 7.52. The van der Waals surface area contributed by atoms with Crippen molar-refractivity contribution in [2.45, 2.75) is 6.04 Å². The van der Waals surface area contributed by atoms with E-state index in [1.165, 1.54) is 0 Å². The van der Waals surface area contributed by atoms with Gasteiger partial charge in [0.05, 0.1) is 11.6 Å². The molecule has 0 amide bonds. The first-order valence-corrected chi connectivity index (χ1v) is 9.88. The molecule has 1 unspecified atom stereocenters. The first-order chi connectivity index (χ1) is 14.9. The predicted molar refractivity (Wildman–Crippen MR) is 123 cm³/mol. The van der Waals surface area contributed by atoms with Gasteiger partial charge in [0.2, 0.25) is 0 Å². The number of nitrogens with one attached hydrogen (secondary N) is 1. The van der Waals surface area contributed by atoms with Gasteiger partial charge in [0, 0.05) is 42.6 Å². The van der Waals surface area contributed by atoms with Crippen molar-refractivity contribution in [2.24, 2.45) is 0 Å². The van der Waals surface area contributed by atoms with E-state index in [0.717, 1.165) is 22.3 Å². The maximum absolute atomic E-state index is 11.2. The van der Waals surface area contributed by atoms with E-state index in [0.29, 0.717) is 11.1 Å². The first kappa shape index (κ1) is 20.2. The number of phenols is 1. The minimum atomic E-state index is -0.972. The van der Waals surface area contributed by atoms with Crippen LogP contribution in [-0.2, 0) is 0 Å². The molecular weight excluding hydrogens is 390 g/mol. The maximum atomic E-state index is 11.2. The molecule has 0 aliphatic heterocycles. The van der Waals surface area contributed by atoms with Crippen molar-refractivity contribution in [3.8, 4) is 5.75 Å². The molecule has 1 atom stereocenters. The molecule has 156 valence electrons. The van der Waals surface area contributed by atoms with Crippen LogP contribution >= 0.6 is 0 Å². The number of nitrogens with zero attached hydrogens (tertiary/aromatic N) is 2. The summed E-state index contributed by atoms with van der Waals surface area (Å²) < 4.78 is 0. The van der Waals surface area contributed by atoms with Crippen LogP contribution in [0.2, 0.25) is 0 Å². The number of hydrogen-bond acceptors (Lipinski definition) is 5. The fourth-order valence-electron chi connectivity index (χ4n) is 3.56. The molecule has 3 N–H and O–H groups in total. The number of phenolic OH excluding ortho intramolecular Hbond substituents is 1. The second kappa shape index (κ2) is 8.36. The number of aromatic nitrogens is 1. The fraction of sp³-hybridized carbons (Fsp3) is 0.120. The average Bonchev–Trinajstić information content (AvgIpc) is 2.79. The zero-order valence-electron chi connectivity index (χ0n) is 17.3. The van der Waals surface area contributed by atoms with E-state index in [4.69, 9.17) is 5.11 Å². The van der Waals surface area contributed by atoms with E-state index < -0.39 is 5.97 Å². The molecule has 0 bridgehead atoms. The minimum Gasteiger partial charge on any atom is -0.505 e. The van der Waals surface area contributed by atoms with Gasteiger partial charge in [0.1, 0.15) is 11.3 Å². The summed E-state index contributed by atoms with van der Waals surface area (Å²) in [4.78, 5) is 17.5. The Morgan fingerprint density at radius 2 is 1.68 bits per heavy atom. The van der Waals surface area contributed by atoms with Crippen molar-refractivity contribution in [3.05, 3.63) is 95.7 Å². The monoisotopic (exact) mass is 413 g/mol. The van der Waals surface area contributed by atoms with Gasteiger partial charge in [-0.2, -0.15) is 0 Å². The quantitative estimate of drug-likeness (QED) is 0.417. The third-order valence-corrected chi connectivity index (χ3v) is 5.28. The normalized spacial score (nSPS) is 11.8. The van der Waals surface area contributed by atoms with Crippen LogP contribution in [0, 0.1) is 0 Å². The smallest absolute Gasteiger partial charge is 0.335 e. The zero-order chi connectivity index (χ0) is 22.0. The largest absolute Gasteiger partial charge is 0.505 e. The molecule has 1 heterocycles. The van der Waals surface area contributed by atoms with Crippen molar-refractivity contribution in [1.29, 1.82) is 0 Å². The van der Waals surface area contributed by atoms with Crippen molar-refractivity contribution in [1.82, 2.24) is 4.98 Å². The number of carboxylic acids is 1. The van der Waals surface area contributed by atoms with E-state index in [2.05, 4.69) is 10.3 Å². The number of rotatable bonds is 6. The summed E-state index contributed by atoms with van der Waals surface area (Å²) in [6.07, 6.45) is 1.66. The van der Waals surface area contributed by atoms with Crippen LogP contribution in [0.4, 0.5) is 11.4 Å². The lowest BCUT2D eigenvalue weighted by atomic mass is 9.95. The van der Waals surface area contributed by atoms with Gasteiger partial charge in [0.25, 0.3) is 0 Å². The first-order valence-electron chi connectivity index (χ1n) is 9.88. The van der Waals surface area contributed by atoms with Crippen LogP contribution in [-0.4, -0.2) is 35.3 Å². The van der Waals surface area contributed by atoms with E-state index in [1.807, 2.05) is 67.5 Å². The number of carboxylic acid groups (broad SMARTS) is 1. The zero-order valence-corrected chi connectivity index (χ0v) is 17.3. The average molecular weight is 413 g/mol.